The van der Waals surface area contributed by atoms with Gasteiger partial charge in [0.2, 0.25) is 5.13 Å². The van der Waals surface area contributed by atoms with E-state index in [-0.39, 0.29) is 19.5 Å². The molecule has 106 valence electrons. The lowest BCUT2D eigenvalue weighted by Gasteiger charge is -2.05. The number of anilines is 1. The van der Waals surface area contributed by atoms with Gasteiger partial charge in [-0.1, -0.05) is 0 Å². The molecule has 0 atom stereocenters. The average Bonchev–Trinajstić information content (AvgIpc) is 2.80. The van der Waals surface area contributed by atoms with Crippen LogP contribution in [0.2, 0.25) is 0 Å². The van der Waals surface area contributed by atoms with Crippen LogP contribution in [-0.4, -0.2) is 18.3 Å². The fourth-order valence-electron chi connectivity index (χ4n) is 1.22. The van der Waals surface area contributed by atoms with E-state index in [4.69, 9.17) is 0 Å². The number of hydrogen-bond acceptors (Lipinski definition) is 6. The molecule has 1 heterocycles. The van der Waals surface area contributed by atoms with Crippen molar-refractivity contribution in [2.45, 2.75) is 4.90 Å². The maximum absolute atomic E-state index is 13.3. The van der Waals surface area contributed by atoms with Gasteiger partial charge >= 0.3 is 5.00 Å². The Morgan fingerprint density at radius 3 is 2.70 bits per heavy atom. The van der Waals surface area contributed by atoms with Crippen molar-refractivity contribution in [2.24, 2.45) is 0 Å². The molecule has 20 heavy (non-hydrogen) atoms. The van der Waals surface area contributed by atoms with Crippen LogP contribution in [0.1, 0.15) is 0 Å². The van der Waals surface area contributed by atoms with E-state index in [9.17, 15) is 22.9 Å². The number of nitrogens with zero attached hydrogens (tertiary/aromatic N) is 2. The zero-order chi connectivity index (χ0) is 14.9. The highest BCUT2D eigenvalue weighted by Crippen LogP contribution is 2.27. The van der Waals surface area contributed by atoms with E-state index in [0.29, 0.717) is 11.3 Å². The van der Waals surface area contributed by atoms with Crippen molar-refractivity contribution >= 4 is 47.4 Å². The Morgan fingerprint density at radius 2 is 2.15 bits per heavy atom. The van der Waals surface area contributed by atoms with E-state index in [1.807, 2.05) is 4.72 Å². The first-order chi connectivity index (χ1) is 9.29. The lowest BCUT2D eigenvalue weighted by atomic mass is 10.3. The van der Waals surface area contributed by atoms with Crippen molar-refractivity contribution in [2.75, 3.05) is 4.72 Å². The SMILES string of the molecule is O=[N+]([O-])c1cnc(NS(=O)(=O)c2ccc(Br)c(F)c2)s1. The molecule has 0 amide bonds. The number of hydrogen-bond donors (Lipinski definition) is 1. The van der Waals surface area contributed by atoms with Gasteiger partial charge in [0.05, 0.1) is 14.3 Å². The van der Waals surface area contributed by atoms with Crippen LogP contribution < -0.4 is 4.72 Å². The fourth-order valence-corrected chi connectivity index (χ4v) is 3.35. The Bertz CT molecular complexity index is 777. The highest BCUT2D eigenvalue weighted by atomic mass is 79.9. The Kier molecular flexibility index (Phi) is 4.01. The summed E-state index contributed by atoms with van der Waals surface area (Å²) in [6.07, 6.45) is 0.935. The molecule has 1 aromatic heterocycles. The number of halogens is 2. The Labute approximate surface area is 124 Å². The molecule has 2 rings (SSSR count). The minimum atomic E-state index is -4.05. The second-order valence-corrected chi connectivity index (χ2v) is 6.99. The largest absolute Gasteiger partial charge is 0.345 e. The van der Waals surface area contributed by atoms with E-state index >= 15 is 0 Å². The number of sulfonamides is 1. The van der Waals surface area contributed by atoms with Crippen LogP contribution in [0.4, 0.5) is 14.5 Å². The number of nitrogens with one attached hydrogen (secondary N) is 1. The number of benzene rings is 1. The molecule has 0 radical (unpaired) electrons. The molecule has 11 heteroatoms. The van der Waals surface area contributed by atoms with Gasteiger partial charge in [-0.05, 0) is 45.5 Å². The van der Waals surface area contributed by atoms with Crippen LogP contribution in [0.15, 0.2) is 33.8 Å². The standard InChI is InChI=1S/C9H5BrFN3O4S2/c10-6-2-1-5(3-7(6)11)20(17,18)13-9-12-4-8(19-9)14(15)16/h1-4H,(H,12,13). The summed E-state index contributed by atoms with van der Waals surface area (Å²) in [5.74, 6) is -0.738. The Morgan fingerprint density at radius 1 is 1.45 bits per heavy atom. The van der Waals surface area contributed by atoms with Crippen molar-refractivity contribution in [1.82, 2.24) is 4.98 Å². The quantitative estimate of drug-likeness (QED) is 0.647. The number of rotatable bonds is 4. The Hall–Kier alpha value is -1.59. The summed E-state index contributed by atoms with van der Waals surface area (Å²) in [5, 5.41) is 10.0. The third-order valence-electron chi connectivity index (χ3n) is 2.10. The second kappa shape index (κ2) is 5.42. The van der Waals surface area contributed by atoms with E-state index < -0.39 is 20.8 Å². The second-order valence-electron chi connectivity index (χ2n) is 3.44. The lowest BCUT2D eigenvalue weighted by molar-refractivity contribution is -0.380. The van der Waals surface area contributed by atoms with Crippen LogP contribution in [0.3, 0.4) is 0 Å². The summed E-state index contributed by atoms with van der Waals surface area (Å²) in [7, 11) is -4.05. The van der Waals surface area contributed by atoms with Gasteiger partial charge in [-0.25, -0.2) is 17.8 Å². The third kappa shape index (κ3) is 3.11. The summed E-state index contributed by atoms with van der Waals surface area (Å²) in [6.45, 7) is 0. The van der Waals surface area contributed by atoms with E-state index in [1.54, 1.807) is 0 Å². The molecule has 0 aliphatic rings. The minimum Gasteiger partial charge on any atom is -0.257 e. The molecule has 2 aromatic rings. The summed E-state index contributed by atoms with van der Waals surface area (Å²) >= 11 is 3.47. The van der Waals surface area contributed by atoms with E-state index in [1.165, 1.54) is 12.1 Å². The molecule has 1 aromatic carbocycles. The number of thiazole rings is 1. The van der Waals surface area contributed by atoms with Crippen molar-refractivity contribution in [1.29, 1.82) is 0 Å². The normalized spacial score (nSPS) is 11.3. The molecule has 0 saturated carbocycles. The molecule has 0 spiro atoms. The van der Waals surface area contributed by atoms with Gasteiger partial charge in [-0.3, -0.25) is 14.8 Å². The summed E-state index contributed by atoms with van der Waals surface area (Å²) in [6, 6.07) is 3.26. The zero-order valence-electron chi connectivity index (χ0n) is 9.41. The molecular weight excluding hydrogens is 377 g/mol. The monoisotopic (exact) mass is 381 g/mol. The lowest BCUT2D eigenvalue weighted by Crippen LogP contribution is -2.12. The number of aromatic nitrogens is 1. The van der Waals surface area contributed by atoms with Crippen molar-refractivity contribution < 1.29 is 17.7 Å². The molecule has 0 unspecified atom stereocenters. The van der Waals surface area contributed by atoms with Gasteiger partial charge in [0.15, 0.2) is 0 Å². The van der Waals surface area contributed by atoms with Crippen molar-refractivity contribution in [3.8, 4) is 0 Å². The minimum absolute atomic E-state index is 0.126. The molecule has 0 aliphatic heterocycles. The molecule has 7 nitrogen and oxygen atoms in total. The zero-order valence-corrected chi connectivity index (χ0v) is 12.6. The van der Waals surface area contributed by atoms with Gasteiger partial charge in [-0.2, -0.15) is 0 Å². The smallest absolute Gasteiger partial charge is 0.257 e. The molecule has 0 aliphatic carbocycles. The summed E-state index contributed by atoms with van der Waals surface area (Å²) in [4.78, 5) is 13.1. The highest BCUT2D eigenvalue weighted by Gasteiger charge is 2.20. The predicted molar refractivity (Wildman–Crippen MR) is 73.7 cm³/mol. The van der Waals surface area contributed by atoms with Crippen LogP contribution in [-0.2, 0) is 10.0 Å². The molecule has 0 saturated heterocycles. The van der Waals surface area contributed by atoms with E-state index in [0.717, 1.165) is 12.3 Å². The summed E-state index contributed by atoms with van der Waals surface area (Å²) in [5.41, 5.74) is 0. The van der Waals surface area contributed by atoms with Crippen LogP contribution in [0.25, 0.3) is 0 Å². The summed E-state index contributed by atoms with van der Waals surface area (Å²) < 4.78 is 39.4. The van der Waals surface area contributed by atoms with Gasteiger partial charge < -0.3 is 0 Å². The molecule has 1 N–H and O–H groups in total. The van der Waals surface area contributed by atoms with Gasteiger partial charge in [0, 0.05) is 0 Å². The fraction of sp³-hybridized carbons (Fsp3) is 0. The maximum Gasteiger partial charge on any atom is 0.345 e. The topological polar surface area (TPSA) is 102 Å². The first-order valence-corrected chi connectivity index (χ1v) is 7.97. The van der Waals surface area contributed by atoms with Crippen molar-refractivity contribution in [3.05, 3.63) is 44.8 Å². The van der Waals surface area contributed by atoms with Crippen LogP contribution >= 0.6 is 27.3 Å². The van der Waals surface area contributed by atoms with Crippen molar-refractivity contribution in [3.63, 3.8) is 0 Å². The highest BCUT2D eigenvalue weighted by molar-refractivity contribution is 9.10. The molecule has 0 fully saturated rings. The molecular formula is C9H5BrFN3O4S2. The predicted octanol–water partition coefficient (Wildman–Crippen LogP) is 2.75. The first-order valence-electron chi connectivity index (χ1n) is 4.88. The maximum atomic E-state index is 13.3. The average molecular weight is 382 g/mol. The first kappa shape index (κ1) is 14.8. The third-order valence-corrected chi connectivity index (χ3v) is 5.07. The van der Waals surface area contributed by atoms with Crippen LogP contribution in [0, 0.1) is 15.9 Å². The van der Waals surface area contributed by atoms with Gasteiger partial charge in [0.25, 0.3) is 10.0 Å². The van der Waals surface area contributed by atoms with Gasteiger partial charge in [-0.15, -0.1) is 0 Å². The Balaban J connectivity index is 2.30. The van der Waals surface area contributed by atoms with Crippen LogP contribution in [0.5, 0.6) is 0 Å². The number of nitro groups is 1. The van der Waals surface area contributed by atoms with Gasteiger partial charge in [0.1, 0.15) is 12.0 Å². The molecule has 0 bridgehead atoms. The van der Waals surface area contributed by atoms with E-state index in [2.05, 4.69) is 20.9 Å².